The number of hydrogen-bond donors (Lipinski definition) is 1. The molecule has 7 nitrogen and oxygen atoms in total. The van der Waals surface area contributed by atoms with Crippen LogP contribution in [0.25, 0.3) is 0 Å². The Hall–Kier alpha value is -4.26. The second-order valence-corrected chi connectivity index (χ2v) is 7.73. The normalized spacial score (nSPS) is 10.3. The summed E-state index contributed by atoms with van der Waals surface area (Å²) in [7, 11) is 0. The predicted octanol–water partition coefficient (Wildman–Crippen LogP) is 4.67. The molecule has 3 aromatic carbocycles. The Labute approximate surface area is 197 Å². The quantitative estimate of drug-likeness (QED) is 0.284. The van der Waals surface area contributed by atoms with Gasteiger partial charge in [-0.1, -0.05) is 35.9 Å². The second-order valence-electron chi connectivity index (χ2n) is 7.73. The Kier molecular flexibility index (Phi) is 8.29. The first-order chi connectivity index (χ1) is 16.3. The van der Waals surface area contributed by atoms with Crippen molar-refractivity contribution in [3.63, 3.8) is 0 Å². The number of amides is 1. The molecular formula is C27H25NO6. The Morgan fingerprint density at radius 3 is 2.09 bits per heavy atom. The van der Waals surface area contributed by atoms with Crippen LogP contribution in [0.1, 0.15) is 44.7 Å². The topological polar surface area (TPSA) is 98.8 Å². The van der Waals surface area contributed by atoms with Crippen LogP contribution in [0.4, 0.5) is 5.69 Å². The van der Waals surface area contributed by atoms with Crippen molar-refractivity contribution >= 4 is 29.3 Å². The van der Waals surface area contributed by atoms with E-state index in [9.17, 15) is 19.2 Å². The van der Waals surface area contributed by atoms with E-state index >= 15 is 0 Å². The molecule has 1 amide bonds. The van der Waals surface area contributed by atoms with E-state index in [1.54, 1.807) is 18.2 Å². The van der Waals surface area contributed by atoms with Gasteiger partial charge >= 0.3 is 11.9 Å². The Morgan fingerprint density at radius 1 is 0.765 bits per heavy atom. The molecule has 0 spiro atoms. The fraction of sp³-hybridized carbons (Fsp3) is 0.185. The highest BCUT2D eigenvalue weighted by atomic mass is 16.5. The van der Waals surface area contributed by atoms with Crippen molar-refractivity contribution in [1.82, 2.24) is 0 Å². The number of ether oxygens (including phenoxy) is 2. The van der Waals surface area contributed by atoms with Crippen LogP contribution in [0, 0.1) is 13.8 Å². The minimum absolute atomic E-state index is 0.0532. The zero-order chi connectivity index (χ0) is 24.5. The van der Waals surface area contributed by atoms with Crippen LogP contribution >= 0.6 is 0 Å². The van der Waals surface area contributed by atoms with E-state index in [0.717, 1.165) is 11.1 Å². The van der Waals surface area contributed by atoms with Crippen LogP contribution in [0.3, 0.4) is 0 Å². The molecule has 0 saturated carbocycles. The smallest absolute Gasteiger partial charge is 0.343 e. The number of aryl methyl sites for hydroxylation is 2. The summed E-state index contributed by atoms with van der Waals surface area (Å²) in [5.74, 6) is -1.57. The third-order valence-corrected chi connectivity index (χ3v) is 5.01. The minimum Gasteiger partial charge on any atom is -0.457 e. The van der Waals surface area contributed by atoms with Crippen LogP contribution in [-0.2, 0) is 14.3 Å². The summed E-state index contributed by atoms with van der Waals surface area (Å²) >= 11 is 0. The summed E-state index contributed by atoms with van der Waals surface area (Å²) in [6.45, 7) is 3.35. The molecule has 0 aliphatic heterocycles. The molecule has 0 aromatic heterocycles. The van der Waals surface area contributed by atoms with E-state index in [4.69, 9.17) is 9.47 Å². The van der Waals surface area contributed by atoms with Crippen LogP contribution in [-0.4, -0.2) is 30.2 Å². The first kappa shape index (κ1) is 24.4. The van der Waals surface area contributed by atoms with Gasteiger partial charge in [0.2, 0.25) is 5.91 Å². The summed E-state index contributed by atoms with van der Waals surface area (Å²) in [5, 5.41) is 2.74. The molecule has 34 heavy (non-hydrogen) atoms. The SMILES string of the molecule is Cc1ccc(C(=O)Oc2ccc(C(=O)COC(=O)CCC(=O)Nc3ccccc3C)cc2)cc1. The molecule has 0 radical (unpaired) electrons. The fourth-order valence-corrected chi connectivity index (χ4v) is 3.01. The highest BCUT2D eigenvalue weighted by Crippen LogP contribution is 2.16. The number of ketones is 1. The maximum Gasteiger partial charge on any atom is 0.343 e. The van der Waals surface area contributed by atoms with E-state index in [1.807, 2.05) is 44.2 Å². The average molecular weight is 459 g/mol. The molecule has 0 unspecified atom stereocenters. The number of esters is 2. The molecule has 174 valence electrons. The number of Topliss-reactive ketones (excluding diaryl/α,β-unsaturated/α-hetero) is 1. The summed E-state index contributed by atoms with van der Waals surface area (Å²) in [5.41, 5.74) is 3.36. The van der Waals surface area contributed by atoms with E-state index in [0.29, 0.717) is 22.6 Å². The lowest BCUT2D eigenvalue weighted by molar-refractivity contribution is -0.143. The number of hydrogen-bond acceptors (Lipinski definition) is 6. The van der Waals surface area contributed by atoms with Crippen molar-refractivity contribution in [2.75, 3.05) is 11.9 Å². The van der Waals surface area contributed by atoms with Crippen LogP contribution < -0.4 is 10.1 Å². The average Bonchev–Trinajstić information content (AvgIpc) is 2.83. The summed E-state index contributed by atoms with van der Waals surface area (Å²) < 4.78 is 10.3. The van der Waals surface area contributed by atoms with Gasteiger partial charge in [-0.25, -0.2) is 4.79 Å². The highest BCUT2D eigenvalue weighted by molar-refractivity contribution is 5.98. The zero-order valence-electron chi connectivity index (χ0n) is 19.0. The van der Waals surface area contributed by atoms with E-state index in [2.05, 4.69) is 5.32 Å². The monoisotopic (exact) mass is 459 g/mol. The summed E-state index contributed by atoms with van der Waals surface area (Å²) in [4.78, 5) is 48.4. The van der Waals surface area contributed by atoms with Crippen molar-refractivity contribution in [1.29, 1.82) is 0 Å². The third kappa shape index (κ3) is 7.13. The van der Waals surface area contributed by atoms with Gasteiger partial charge in [-0.3, -0.25) is 14.4 Å². The second kappa shape index (κ2) is 11.6. The maximum atomic E-state index is 12.3. The van der Waals surface area contributed by atoms with Crippen LogP contribution in [0.15, 0.2) is 72.8 Å². The number of benzene rings is 3. The maximum absolute atomic E-state index is 12.3. The summed E-state index contributed by atoms with van der Waals surface area (Å²) in [6, 6.07) is 20.3. The van der Waals surface area contributed by atoms with Crippen LogP contribution in [0.2, 0.25) is 0 Å². The molecule has 0 saturated heterocycles. The number of carbonyl (C=O) groups excluding carboxylic acids is 4. The molecule has 7 heteroatoms. The van der Waals surface area contributed by atoms with Gasteiger partial charge < -0.3 is 14.8 Å². The molecular weight excluding hydrogens is 434 g/mol. The van der Waals surface area contributed by atoms with Gasteiger partial charge in [0.25, 0.3) is 0 Å². The molecule has 3 aromatic rings. The number of rotatable bonds is 9. The van der Waals surface area contributed by atoms with Crippen molar-refractivity contribution < 1.29 is 28.7 Å². The first-order valence-electron chi connectivity index (χ1n) is 10.7. The zero-order valence-corrected chi connectivity index (χ0v) is 19.0. The Morgan fingerprint density at radius 2 is 1.41 bits per heavy atom. The van der Waals surface area contributed by atoms with Gasteiger partial charge in [0.1, 0.15) is 5.75 Å². The lowest BCUT2D eigenvalue weighted by Crippen LogP contribution is -2.17. The van der Waals surface area contributed by atoms with Gasteiger partial charge in [-0.2, -0.15) is 0 Å². The summed E-state index contributed by atoms with van der Waals surface area (Å²) in [6.07, 6.45) is -0.193. The molecule has 0 aliphatic carbocycles. The van der Waals surface area contributed by atoms with Crippen molar-refractivity contribution in [2.24, 2.45) is 0 Å². The van der Waals surface area contributed by atoms with E-state index in [-0.39, 0.29) is 18.7 Å². The molecule has 0 fully saturated rings. The van der Waals surface area contributed by atoms with E-state index < -0.39 is 24.3 Å². The lowest BCUT2D eigenvalue weighted by Gasteiger charge is -2.08. The largest absolute Gasteiger partial charge is 0.457 e. The van der Waals surface area contributed by atoms with Crippen molar-refractivity contribution in [3.05, 3.63) is 95.1 Å². The number of carbonyl (C=O) groups is 4. The Balaban J connectivity index is 1.42. The third-order valence-electron chi connectivity index (χ3n) is 5.01. The van der Waals surface area contributed by atoms with Crippen molar-refractivity contribution in [3.8, 4) is 5.75 Å². The standard InChI is InChI=1S/C27H25NO6/c1-18-7-9-21(10-8-18)27(32)34-22-13-11-20(12-14-22)24(29)17-33-26(31)16-15-25(30)28-23-6-4-3-5-19(23)2/h3-14H,15-17H2,1-2H3,(H,28,30). The molecule has 0 atom stereocenters. The number of para-hydroxylation sites is 1. The van der Waals surface area contributed by atoms with Gasteiger partial charge in [-0.05, 0) is 61.9 Å². The van der Waals surface area contributed by atoms with Gasteiger partial charge in [0, 0.05) is 17.7 Å². The fourth-order valence-electron chi connectivity index (χ4n) is 3.01. The van der Waals surface area contributed by atoms with Crippen molar-refractivity contribution in [2.45, 2.75) is 26.7 Å². The van der Waals surface area contributed by atoms with Gasteiger partial charge in [-0.15, -0.1) is 0 Å². The van der Waals surface area contributed by atoms with Gasteiger partial charge in [0.05, 0.1) is 12.0 Å². The van der Waals surface area contributed by atoms with Gasteiger partial charge in [0.15, 0.2) is 12.4 Å². The molecule has 1 N–H and O–H groups in total. The molecule has 0 heterocycles. The number of anilines is 1. The highest BCUT2D eigenvalue weighted by Gasteiger charge is 2.14. The van der Waals surface area contributed by atoms with Crippen LogP contribution in [0.5, 0.6) is 5.75 Å². The lowest BCUT2D eigenvalue weighted by atomic mass is 10.1. The molecule has 3 rings (SSSR count). The number of nitrogens with one attached hydrogen (secondary N) is 1. The van der Waals surface area contributed by atoms with E-state index in [1.165, 1.54) is 24.3 Å². The predicted molar refractivity (Wildman–Crippen MR) is 127 cm³/mol. The molecule has 0 bridgehead atoms. The molecule has 0 aliphatic rings. The first-order valence-corrected chi connectivity index (χ1v) is 10.7. The Bertz CT molecular complexity index is 1180. The minimum atomic E-state index is -0.642.